The minimum atomic E-state index is 0.258. The van der Waals surface area contributed by atoms with Crippen molar-refractivity contribution in [1.82, 2.24) is 14.7 Å². The average Bonchev–Trinajstić information content (AvgIpc) is 3.28. The lowest BCUT2D eigenvalue weighted by atomic mass is 9.78. The summed E-state index contributed by atoms with van der Waals surface area (Å²) >= 11 is 5.44. The Hall–Kier alpha value is -1.86. The normalized spacial score (nSPS) is 25.2. The van der Waals surface area contributed by atoms with Gasteiger partial charge in [0.1, 0.15) is 0 Å². The van der Waals surface area contributed by atoms with Crippen LogP contribution in [0.2, 0.25) is 0 Å². The minimum absolute atomic E-state index is 0.258. The van der Waals surface area contributed by atoms with Crippen molar-refractivity contribution in [3.8, 4) is 23.0 Å². The Morgan fingerprint density at radius 2 is 1.92 bits per heavy atom. The third-order valence-electron chi connectivity index (χ3n) is 5.90. The average molecular weight is 373 g/mol. The quantitative estimate of drug-likeness (QED) is 0.751. The van der Waals surface area contributed by atoms with E-state index in [-0.39, 0.29) is 6.79 Å². The van der Waals surface area contributed by atoms with Gasteiger partial charge in [0.2, 0.25) is 12.7 Å². The molecule has 3 aliphatic rings. The van der Waals surface area contributed by atoms with Gasteiger partial charge >= 0.3 is 0 Å². The summed E-state index contributed by atoms with van der Waals surface area (Å²) in [5.74, 6) is 2.85. The molecule has 26 heavy (non-hydrogen) atoms. The van der Waals surface area contributed by atoms with E-state index in [2.05, 4.69) is 10.00 Å². The fourth-order valence-electron chi connectivity index (χ4n) is 4.62. The van der Waals surface area contributed by atoms with Crippen molar-refractivity contribution in [3.63, 3.8) is 0 Å². The van der Waals surface area contributed by atoms with Crippen LogP contribution in [-0.2, 0) is 6.67 Å². The van der Waals surface area contributed by atoms with Gasteiger partial charge in [0.15, 0.2) is 11.5 Å². The van der Waals surface area contributed by atoms with Gasteiger partial charge in [-0.05, 0) is 62.0 Å². The molecule has 1 saturated heterocycles. The summed E-state index contributed by atoms with van der Waals surface area (Å²) in [4.78, 5) is 2.98. The minimum Gasteiger partial charge on any atom is -0.454 e. The highest BCUT2D eigenvalue weighted by Crippen LogP contribution is 2.37. The number of ether oxygens (including phenoxy) is 2. The molecule has 1 aromatic carbocycles. The molecular weight excluding hydrogens is 350 g/mol. The number of rotatable bonds is 3. The van der Waals surface area contributed by atoms with E-state index in [1.165, 1.54) is 38.5 Å². The Morgan fingerprint density at radius 3 is 2.88 bits per heavy atom. The number of aromatic nitrogens is 2. The summed E-state index contributed by atoms with van der Waals surface area (Å²) in [6.07, 6.45) is 8.02. The van der Waals surface area contributed by atoms with Crippen LogP contribution < -0.4 is 9.47 Å². The largest absolute Gasteiger partial charge is 0.454 e. The first-order valence-electron chi connectivity index (χ1n) is 9.50. The van der Waals surface area contributed by atoms with Crippen LogP contribution in [0.15, 0.2) is 22.6 Å². The molecule has 0 bridgehead atoms. The highest BCUT2D eigenvalue weighted by Gasteiger charge is 2.33. The van der Waals surface area contributed by atoms with E-state index in [1.807, 2.05) is 22.9 Å². The van der Waals surface area contributed by atoms with Gasteiger partial charge in [0, 0.05) is 18.2 Å². The Morgan fingerprint density at radius 1 is 1.08 bits per heavy atom. The van der Waals surface area contributed by atoms with E-state index in [0.29, 0.717) is 23.4 Å². The van der Waals surface area contributed by atoms with Crippen molar-refractivity contribution < 1.29 is 13.9 Å². The monoisotopic (exact) mass is 373 g/mol. The van der Waals surface area contributed by atoms with Gasteiger partial charge in [-0.3, -0.25) is 4.90 Å². The fourth-order valence-corrected chi connectivity index (χ4v) is 4.79. The number of likely N-dealkylation sites (tertiary alicyclic amines) is 1. The summed E-state index contributed by atoms with van der Waals surface area (Å²) in [5.41, 5.74) is 0.855. The predicted molar refractivity (Wildman–Crippen MR) is 98.6 cm³/mol. The van der Waals surface area contributed by atoms with Crippen LogP contribution in [0.25, 0.3) is 11.5 Å². The van der Waals surface area contributed by atoms with E-state index in [1.54, 1.807) is 0 Å². The molecule has 138 valence electrons. The first-order chi connectivity index (χ1) is 12.8. The molecule has 0 amide bonds. The molecule has 7 heteroatoms. The smallest absolute Gasteiger partial charge is 0.288 e. The van der Waals surface area contributed by atoms with Crippen LogP contribution in [0.3, 0.4) is 0 Å². The summed E-state index contributed by atoms with van der Waals surface area (Å²) in [5, 5.41) is 4.65. The molecule has 6 nitrogen and oxygen atoms in total. The fraction of sp³-hybridized carbons (Fsp3) is 0.579. The molecule has 2 atom stereocenters. The van der Waals surface area contributed by atoms with Crippen LogP contribution in [0, 0.1) is 10.8 Å². The molecule has 0 spiro atoms. The number of nitrogens with zero attached hydrogens (tertiary/aromatic N) is 3. The van der Waals surface area contributed by atoms with E-state index < -0.39 is 0 Å². The van der Waals surface area contributed by atoms with Crippen LogP contribution >= 0.6 is 12.2 Å². The van der Waals surface area contributed by atoms with Gasteiger partial charge in [-0.15, -0.1) is 5.10 Å². The van der Waals surface area contributed by atoms with Crippen LogP contribution in [-0.4, -0.2) is 34.1 Å². The molecule has 2 fully saturated rings. The number of piperidine rings is 1. The van der Waals surface area contributed by atoms with Gasteiger partial charge in [0.05, 0.1) is 6.67 Å². The molecule has 0 radical (unpaired) electrons. The first-order valence-corrected chi connectivity index (χ1v) is 9.91. The Kier molecular flexibility index (Phi) is 4.21. The van der Waals surface area contributed by atoms with Crippen molar-refractivity contribution in [2.24, 2.45) is 5.92 Å². The molecule has 2 aliphatic heterocycles. The molecule has 3 heterocycles. The van der Waals surface area contributed by atoms with Crippen molar-refractivity contribution in [1.29, 1.82) is 0 Å². The maximum absolute atomic E-state index is 5.78. The summed E-state index contributed by atoms with van der Waals surface area (Å²) in [6.45, 7) is 2.09. The first kappa shape index (κ1) is 16.3. The van der Waals surface area contributed by atoms with Crippen LogP contribution in [0.5, 0.6) is 11.5 Å². The van der Waals surface area contributed by atoms with Gasteiger partial charge in [-0.1, -0.05) is 12.8 Å². The predicted octanol–water partition coefficient (Wildman–Crippen LogP) is 4.21. The second kappa shape index (κ2) is 6.70. The second-order valence-electron chi connectivity index (χ2n) is 7.45. The zero-order chi connectivity index (χ0) is 17.5. The van der Waals surface area contributed by atoms with E-state index >= 15 is 0 Å². The molecule has 1 saturated carbocycles. The summed E-state index contributed by atoms with van der Waals surface area (Å²) < 4.78 is 18.4. The van der Waals surface area contributed by atoms with E-state index in [9.17, 15) is 0 Å². The zero-order valence-corrected chi connectivity index (χ0v) is 15.5. The number of hydrogen-bond acceptors (Lipinski definition) is 6. The highest BCUT2D eigenvalue weighted by atomic mass is 32.1. The van der Waals surface area contributed by atoms with Crippen LogP contribution in [0.4, 0.5) is 0 Å². The maximum atomic E-state index is 5.78. The van der Waals surface area contributed by atoms with Gasteiger partial charge in [0.25, 0.3) is 4.84 Å². The van der Waals surface area contributed by atoms with E-state index in [0.717, 1.165) is 29.5 Å². The molecule has 2 aromatic rings. The lowest BCUT2D eigenvalue weighted by molar-refractivity contribution is 0.0318. The highest BCUT2D eigenvalue weighted by molar-refractivity contribution is 7.71. The Balaban J connectivity index is 1.38. The summed E-state index contributed by atoms with van der Waals surface area (Å²) in [6, 6.07) is 6.37. The van der Waals surface area contributed by atoms with Crippen molar-refractivity contribution in [3.05, 3.63) is 23.0 Å². The third-order valence-corrected chi connectivity index (χ3v) is 6.19. The third kappa shape index (κ3) is 2.93. The van der Waals surface area contributed by atoms with Gasteiger partial charge in [-0.2, -0.15) is 0 Å². The maximum Gasteiger partial charge on any atom is 0.288 e. The number of benzene rings is 1. The van der Waals surface area contributed by atoms with Gasteiger partial charge < -0.3 is 13.9 Å². The molecule has 1 aromatic heterocycles. The lowest BCUT2D eigenvalue weighted by Crippen LogP contribution is -2.47. The second-order valence-corrected chi connectivity index (χ2v) is 7.80. The molecular formula is C19H23N3O3S. The SMILES string of the molecule is S=c1oc(-c2ccc3c(c2)OCO3)nn1CN1CCC[C@@H]2CCCC[C@@H]21. The standard InChI is InChI=1S/C19H23N3O3S/c26-19-22(11-21-9-3-5-13-4-1-2-6-15(13)21)20-18(25-19)14-7-8-16-17(10-14)24-12-23-16/h7-8,10,13,15H,1-6,9,11-12H2/t13-,15-/m0/s1. The van der Waals surface area contributed by atoms with Gasteiger partial charge in [-0.25, -0.2) is 4.68 Å². The molecule has 5 rings (SSSR count). The van der Waals surface area contributed by atoms with Crippen molar-refractivity contribution in [2.45, 2.75) is 51.2 Å². The lowest BCUT2D eigenvalue weighted by Gasteiger charge is -2.43. The molecule has 0 N–H and O–H groups in total. The zero-order valence-electron chi connectivity index (χ0n) is 14.7. The van der Waals surface area contributed by atoms with Crippen LogP contribution in [0.1, 0.15) is 38.5 Å². The summed E-state index contributed by atoms with van der Waals surface area (Å²) in [7, 11) is 0. The Labute approximate surface area is 157 Å². The van der Waals surface area contributed by atoms with Crippen molar-refractivity contribution in [2.75, 3.05) is 13.3 Å². The Bertz CT molecular complexity index is 860. The molecule has 0 unspecified atom stereocenters. The van der Waals surface area contributed by atoms with E-state index in [4.69, 9.17) is 26.1 Å². The number of hydrogen-bond donors (Lipinski definition) is 0. The molecule has 1 aliphatic carbocycles. The topological polar surface area (TPSA) is 52.7 Å². The number of fused-ring (bicyclic) bond motifs is 2. The van der Waals surface area contributed by atoms with Crippen molar-refractivity contribution >= 4 is 12.2 Å².